The number of nitro groups is 1. The van der Waals surface area contributed by atoms with Crippen LogP contribution in [0.2, 0.25) is 0 Å². The normalized spacial score (nSPS) is 10.9. The number of amides is 1. The predicted octanol–water partition coefficient (Wildman–Crippen LogP) is 1.10. The molecule has 0 saturated carbocycles. The Hall–Kier alpha value is -2.15. The monoisotopic (exact) mass is 266 g/mol. The van der Waals surface area contributed by atoms with Gasteiger partial charge < -0.3 is 16.4 Å². The van der Waals surface area contributed by atoms with Gasteiger partial charge in [0.05, 0.1) is 4.92 Å². The van der Waals surface area contributed by atoms with Crippen LogP contribution in [-0.4, -0.2) is 30.0 Å². The summed E-state index contributed by atoms with van der Waals surface area (Å²) in [5.74, 6) is -0.302. The Balaban J connectivity index is 3.23. The van der Waals surface area contributed by atoms with E-state index in [2.05, 4.69) is 10.6 Å². The molecule has 1 aromatic carbocycles. The van der Waals surface area contributed by atoms with Crippen molar-refractivity contribution in [3.63, 3.8) is 0 Å². The number of nitrogens with zero attached hydrogens (tertiary/aromatic N) is 1. The lowest BCUT2D eigenvalue weighted by molar-refractivity contribution is -0.384. The van der Waals surface area contributed by atoms with Gasteiger partial charge in [-0.05, 0) is 26.0 Å². The molecule has 7 heteroatoms. The molecule has 1 rings (SSSR count). The summed E-state index contributed by atoms with van der Waals surface area (Å²) in [7, 11) is 1.50. The Morgan fingerprint density at radius 3 is 2.58 bits per heavy atom. The number of anilines is 1. The minimum Gasteiger partial charge on any atom is -0.373 e. The van der Waals surface area contributed by atoms with Crippen LogP contribution in [0.4, 0.5) is 11.4 Å². The second kappa shape index (κ2) is 5.66. The highest BCUT2D eigenvalue weighted by Crippen LogP contribution is 2.28. The first-order valence-electron chi connectivity index (χ1n) is 5.79. The van der Waals surface area contributed by atoms with Crippen molar-refractivity contribution in [3.8, 4) is 0 Å². The molecule has 7 nitrogen and oxygen atoms in total. The summed E-state index contributed by atoms with van der Waals surface area (Å²) in [5.41, 5.74) is 5.63. The number of carbonyl (C=O) groups excluding carboxylic acids is 1. The molecule has 1 aromatic rings. The zero-order valence-corrected chi connectivity index (χ0v) is 11.2. The van der Waals surface area contributed by atoms with Crippen LogP contribution in [-0.2, 0) is 0 Å². The van der Waals surface area contributed by atoms with Crippen molar-refractivity contribution >= 4 is 17.3 Å². The summed E-state index contributed by atoms with van der Waals surface area (Å²) in [6.45, 7) is 3.95. The number of nitro benzene ring substituents is 1. The van der Waals surface area contributed by atoms with Gasteiger partial charge in [0.25, 0.3) is 11.6 Å². The standard InChI is InChI=1S/C12H18N4O3/c1-12(2,7-13)15-9-6-8(11(17)14-3)4-5-10(9)16(18)19/h4-6,15H,7,13H2,1-3H3,(H,14,17). The molecule has 0 aliphatic heterocycles. The first kappa shape index (κ1) is 14.9. The van der Waals surface area contributed by atoms with Crippen LogP contribution in [0.5, 0.6) is 0 Å². The molecule has 104 valence electrons. The molecule has 0 aliphatic carbocycles. The molecular weight excluding hydrogens is 248 g/mol. The van der Waals surface area contributed by atoms with Crippen molar-refractivity contribution in [3.05, 3.63) is 33.9 Å². The Kier molecular flexibility index (Phi) is 4.44. The second-order valence-corrected chi connectivity index (χ2v) is 4.78. The lowest BCUT2D eigenvalue weighted by Gasteiger charge is -2.25. The summed E-state index contributed by atoms with van der Waals surface area (Å²) in [6, 6.07) is 4.17. The summed E-state index contributed by atoms with van der Waals surface area (Å²) >= 11 is 0. The van der Waals surface area contributed by atoms with E-state index in [0.29, 0.717) is 12.1 Å². The summed E-state index contributed by atoms with van der Waals surface area (Å²) in [5, 5.41) is 16.4. The van der Waals surface area contributed by atoms with Crippen LogP contribution in [0.25, 0.3) is 0 Å². The number of rotatable bonds is 5. The lowest BCUT2D eigenvalue weighted by Crippen LogP contribution is -2.39. The molecule has 0 spiro atoms. The molecule has 0 radical (unpaired) electrons. The van der Waals surface area contributed by atoms with E-state index in [9.17, 15) is 14.9 Å². The molecule has 4 N–H and O–H groups in total. The maximum absolute atomic E-state index is 11.5. The highest BCUT2D eigenvalue weighted by molar-refractivity contribution is 5.95. The Bertz CT molecular complexity index is 500. The first-order valence-corrected chi connectivity index (χ1v) is 5.79. The van der Waals surface area contributed by atoms with Gasteiger partial charge >= 0.3 is 0 Å². The Labute approximate surface area is 111 Å². The van der Waals surface area contributed by atoms with Gasteiger partial charge in [-0.3, -0.25) is 14.9 Å². The molecule has 0 atom stereocenters. The molecule has 0 aliphatic rings. The van der Waals surface area contributed by atoms with E-state index in [-0.39, 0.29) is 17.3 Å². The average molecular weight is 266 g/mol. The fraction of sp³-hybridized carbons (Fsp3) is 0.417. The van der Waals surface area contributed by atoms with Crippen LogP contribution < -0.4 is 16.4 Å². The van der Waals surface area contributed by atoms with E-state index in [0.717, 1.165) is 0 Å². The lowest BCUT2D eigenvalue weighted by atomic mass is 10.0. The van der Waals surface area contributed by atoms with Gasteiger partial charge in [-0.25, -0.2) is 0 Å². The number of hydrogen-bond donors (Lipinski definition) is 3. The molecule has 0 heterocycles. The maximum atomic E-state index is 11.5. The van der Waals surface area contributed by atoms with E-state index < -0.39 is 10.5 Å². The average Bonchev–Trinajstić information content (AvgIpc) is 2.37. The van der Waals surface area contributed by atoms with Crippen LogP contribution in [0, 0.1) is 10.1 Å². The van der Waals surface area contributed by atoms with Crippen LogP contribution in [0.15, 0.2) is 18.2 Å². The molecule has 0 saturated heterocycles. The minimum absolute atomic E-state index is 0.0887. The van der Waals surface area contributed by atoms with Gasteiger partial charge in [0.2, 0.25) is 0 Å². The first-order chi connectivity index (χ1) is 8.80. The third-order valence-corrected chi connectivity index (χ3v) is 2.67. The Morgan fingerprint density at radius 2 is 2.11 bits per heavy atom. The third-order valence-electron chi connectivity index (χ3n) is 2.67. The molecule has 19 heavy (non-hydrogen) atoms. The topological polar surface area (TPSA) is 110 Å². The molecular formula is C12H18N4O3. The number of carbonyl (C=O) groups is 1. The van der Waals surface area contributed by atoms with E-state index in [4.69, 9.17) is 5.73 Å². The van der Waals surface area contributed by atoms with Crippen LogP contribution >= 0.6 is 0 Å². The van der Waals surface area contributed by atoms with Gasteiger partial charge in [0.15, 0.2) is 0 Å². The SMILES string of the molecule is CNC(=O)c1ccc([N+](=O)[O-])c(NC(C)(C)CN)c1. The van der Waals surface area contributed by atoms with Crippen molar-refractivity contribution in [2.24, 2.45) is 5.73 Å². The van der Waals surface area contributed by atoms with E-state index >= 15 is 0 Å². The fourth-order valence-corrected chi connectivity index (χ4v) is 1.50. The van der Waals surface area contributed by atoms with Gasteiger partial charge in [-0.2, -0.15) is 0 Å². The third kappa shape index (κ3) is 3.65. The second-order valence-electron chi connectivity index (χ2n) is 4.78. The van der Waals surface area contributed by atoms with Crippen molar-refractivity contribution in [2.75, 3.05) is 18.9 Å². The quantitative estimate of drug-likeness (QED) is 0.546. The largest absolute Gasteiger partial charge is 0.373 e. The van der Waals surface area contributed by atoms with Crippen LogP contribution in [0.3, 0.4) is 0 Å². The molecule has 0 unspecified atom stereocenters. The van der Waals surface area contributed by atoms with Gasteiger partial charge in [0, 0.05) is 30.8 Å². The smallest absolute Gasteiger partial charge is 0.292 e. The van der Waals surface area contributed by atoms with Crippen LogP contribution in [0.1, 0.15) is 24.2 Å². The fourth-order valence-electron chi connectivity index (χ4n) is 1.50. The van der Waals surface area contributed by atoms with E-state index in [1.54, 1.807) is 0 Å². The summed E-state index contributed by atoms with van der Waals surface area (Å²) < 4.78 is 0. The van der Waals surface area contributed by atoms with Crippen molar-refractivity contribution in [1.82, 2.24) is 5.32 Å². The Morgan fingerprint density at radius 1 is 1.47 bits per heavy atom. The predicted molar refractivity (Wildman–Crippen MR) is 73.2 cm³/mol. The number of benzene rings is 1. The van der Waals surface area contributed by atoms with E-state index in [1.165, 1.54) is 25.2 Å². The highest BCUT2D eigenvalue weighted by atomic mass is 16.6. The zero-order valence-electron chi connectivity index (χ0n) is 11.2. The number of nitrogens with two attached hydrogens (primary N) is 1. The number of hydrogen-bond acceptors (Lipinski definition) is 5. The summed E-state index contributed by atoms with van der Waals surface area (Å²) in [6.07, 6.45) is 0. The minimum atomic E-state index is -0.508. The molecule has 0 fully saturated rings. The van der Waals surface area contributed by atoms with E-state index in [1.807, 2.05) is 13.8 Å². The van der Waals surface area contributed by atoms with Gasteiger partial charge in [-0.1, -0.05) is 0 Å². The van der Waals surface area contributed by atoms with Crippen molar-refractivity contribution < 1.29 is 9.72 Å². The maximum Gasteiger partial charge on any atom is 0.292 e. The highest BCUT2D eigenvalue weighted by Gasteiger charge is 2.22. The summed E-state index contributed by atoms with van der Waals surface area (Å²) in [4.78, 5) is 22.0. The molecule has 1 amide bonds. The van der Waals surface area contributed by atoms with Crippen molar-refractivity contribution in [2.45, 2.75) is 19.4 Å². The zero-order chi connectivity index (χ0) is 14.6. The van der Waals surface area contributed by atoms with Gasteiger partial charge in [0.1, 0.15) is 5.69 Å². The molecule has 0 aromatic heterocycles. The molecule has 0 bridgehead atoms. The number of nitrogens with one attached hydrogen (secondary N) is 2. The van der Waals surface area contributed by atoms with Crippen molar-refractivity contribution in [1.29, 1.82) is 0 Å². The van der Waals surface area contributed by atoms with Gasteiger partial charge in [-0.15, -0.1) is 0 Å².